The zero-order chi connectivity index (χ0) is 20.0. The summed E-state index contributed by atoms with van der Waals surface area (Å²) < 4.78 is 43.0. The van der Waals surface area contributed by atoms with Crippen molar-refractivity contribution in [2.45, 2.75) is 12.6 Å². The number of aromatic nitrogens is 2. The average Bonchev–Trinajstić information content (AvgIpc) is 2.69. The second-order valence-corrected chi connectivity index (χ2v) is 5.84. The Morgan fingerprint density at radius 2 is 1.79 bits per heavy atom. The van der Waals surface area contributed by atoms with Gasteiger partial charge in [-0.25, -0.2) is 4.98 Å². The molecule has 3 rings (SSSR count). The normalized spacial score (nSPS) is 11.1. The first-order chi connectivity index (χ1) is 13.4. The van der Waals surface area contributed by atoms with E-state index in [0.717, 1.165) is 17.8 Å². The van der Waals surface area contributed by atoms with Gasteiger partial charge >= 0.3 is 6.18 Å². The molecule has 0 aliphatic carbocycles. The summed E-state index contributed by atoms with van der Waals surface area (Å²) in [6, 6.07) is 13.9. The molecule has 1 amide bonds. The van der Waals surface area contributed by atoms with Gasteiger partial charge in [0.15, 0.2) is 0 Å². The van der Waals surface area contributed by atoms with Crippen LogP contribution in [-0.2, 0) is 12.6 Å². The number of benzene rings is 1. The van der Waals surface area contributed by atoms with Gasteiger partial charge in [0.25, 0.3) is 5.91 Å². The standard InChI is InChI=1S/C20H16F3N3O2/c21-20(22,23)15-6-9-18(26-13-15)28-17-7-4-14(5-8-17)19(27)25-12-10-16-3-1-2-11-24-16/h1-9,11,13H,10,12H2,(H,25,27). The van der Waals surface area contributed by atoms with Gasteiger partial charge in [-0.1, -0.05) is 6.07 Å². The van der Waals surface area contributed by atoms with E-state index >= 15 is 0 Å². The van der Waals surface area contributed by atoms with Gasteiger partial charge in [0.2, 0.25) is 5.88 Å². The van der Waals surface area contributed by atoms with Gasteiger partial charge in [0, 0.05) is 42.7 Å². The number of nitrogens with zero attached hydrogens (tertiary/aromatic N) is 2. The summed E-state index contributed by atoms with van der Waals surface area (Å²) in [5, 5.41) is 2.80. The van der Waals surface area contributed by atoms with Crippen LogP contribution in [0.25, 0.3) is 0 Å². The SMILES string of the molecule is O=C(NCCc1ccccn1)c1ccc(Oc2ccc(C(F)(F)F)cn2)cc1. The lowest BCUT2D eigenvalue weighted by molar-refractivity contribution is -0.137. The number of carbonyl (C=O) groups excluding carboxylic acids is 1. The molecule has 2 aromatic heterocycles. The third-order valence-corrected chi connectivity index (χ3v) is 3.80. The van der Waals surface area contributed by atoms with E-state index in [4.69, 9.17) is 4.74 Å². The van der Waals surface area contributed by atoms with Gasteiger partial charge in [0.05, 0.1) is 5.56 Å². The van der Waals surface area contributed by atoms with Gasteiger partial charge in [0.1, 0.15) is 5.75 Å². The molecule has 0 bridgehead atoms. The second kappa shape index (κ2) is 8.51. The fourth-order valence-corrected chi connectivity index (χ4v) is 2.36. The van der Waals surface area contributed by atoms with Crippen molar-refractivity contribution in [3.8, 4) is 11.6 Å². The van der Waals surface area contributed by atoms with Crippen LogP contribution in [0.2, 0.25) is 0 Å². The third kappa shape index (κ3) is 5.29. The predicted molar refractivity (Wildman–Crippen MR) is 96.0 cm³/mol. The molecule has 0 saturated heterocycles. The number of hydrogen-bond donors (Lipinski definition) is 1. The largest absolute Gasteiger partial charge is 0.439 e. The number of alkyl halides is 3. The first-order valence-electron chi connectivity index (χ1n) is 8.41. The number of amides is 1. The Hall–Kier alpha value is -3.42. The Morgan fingerprint density at radius 3 is 2.39 bits per heavy atom. The molecular formula is C20H16F3N3O2. The van der Waals surface area contributed by atoms with E-state index in [0.29, 0.717) is 30.5 Å². The number of hydrogen-bond acceptors (Lipinski definition) is 4. The van der Waals surface area contributed by atoms with E-state index < -0.39 is 11.7 Å². The van der Waals surface area contributed by atoms with Crippen LogP contribution in [0.1, 0.15) is 21.6 Å². The predicted octanol–water partition coefficient (Wildman–Crippen LogP) is 4.26. The number of carbonyl (C=O) groups is 1. The van der Waals surface area contributed by atoms with E-state index in [-0.39, 0.29) is 11.8 Å². The van der Waals surface area contributed by atoms with Crippen LogP contribution >= 0.6 is 0 Å². The van der Waals surface area contributed by atoms with Crippen molar-refractivity contribution in [1.29, 1.82) is 0 Å². The van der Waals surface area contributed by atoms with Crippen molar-refractivity contribution >= 4 is 5.91 Å². The first kappa shape index (κ1) is 19.3. The molecule has 0 atom stereocenters. The molecular weight excluding hydrogens is 371 g/mol. The summed E-state index contributed by atoms with van der Waals surface area (Å²) in [7, 11) is 0. The molecule has 0 unspecified atom stereocenters. The molecule has 5 nitrogen and oxygen atoms in total. The zero-order valence-corrected chi connectivity index (χ0v) is 14.6. The van der Waals surface area contributed by atoms with Gasteiger partial charge < -0.3 is 10.1 Å². The number of rotatable bonds is 6. The lowest BCUT2D eigenvalue weighted by Gasteiger charge is -2.09. The molecule has 0 aliphatic rings. The highest BCUT2D eigenvalue weighted by molar-refractivity contribution is 5.94. The molecule has 0 radical (unpaired) electrons. The summed E-state index contributed by atoms with van der Waals surface area (Å²) in [4.78, 5) is 20.0. The summed E-state index contributed by atoms with van der Waals surface area (Å²) in [6.07, 6.45) is -1.43. The molecule has 3 aromatic rings. The van der Waals surface area contributed by atoms with Crippen LogP contribution in [0.3, 0.4) is 0 Å². The maximum atomic E-state index is 12.5. The molecule has 1 aromatic carbocycles. The van der Waals surface area contributed by atoms with Crippen molar-refractivity contribution in [3.63, 3.8) is 0 Å². The highest BCUT2D eigenvalue weighted by Crippen LogP contribution is 2.30. The molecule has 1 N–H and O–H groups in total. The minimum Gasteiger partial charge on any atom is -0.439 e. The molecule has 2 heterocycles. The Morgan fingerprint density at radius 1 is 1.00 bits per heavy atom. The molecule has 0 aliphatic heterocycles. The quantitative estimate of drug-likeness (QED) is 0.687. The lowest BCUT2D eigenvalue weighted by atomic mass is 10.2. The smallest absolute Gasteiger partial charge is 0.417 e. The highest BCUT2D eigenvalue weighted by atomic mass is 19.4. The fraction of sp³-hybridized carbons (Fsp3) is 0.150. The Balaban J connectivity index is 1.53. The van der Waals surface area contributed by atoms with E-state index in [1.54, 1.807) is 30.5 Å². The van der Waals surface area contributed by atoms with Crippen LogP contribution in [0.5, 0.6) is 11.6 Å². The first-order valence-corrected chi connectivity index (χ1v) is 8.41. The summed E-state index contributed by atoms with van der Waals surface area (Å²) in [5.41, 5.74) is 0.474. The van der Waals surface area contributed by atoms with Gasteiger partial charge in [-0.05, 0) is 42.5 Å². The number of ether oxygens (including phenoxy) is 1. The summed E-state index contributed by atoms with van der Waals surface area (Å²) in [5.74, 6) is 0.146. The van der Waals surface area contributed by atoms with Gasteiger partial charge in [-0.2, -0.15) is 13.2 Å². The van der Waals surface area contributed by atoms with Crippen LogP contribution in [0.4, 0.5) is 13.2 Å². The highest BCUT2D eigenvalue weighted by Gasteiger charge is 2.30. The van der Waals surface area contributed by atoms with E-state index in [9.17, 15) is 18.0 Å². The van der Waals surface area contributed by atoms with Crippen molar-refractivity contribution in [3.05, 3.63) is 83.8 Å². The van der Waals surface area contributed by atoms with Gasteiger partial charge in [-0.3, -0.25) is 9.78 Å². The van der Waals surface area contributed by atoms with E-state index in [1.807, 2.05) is 18.2 Å². The summed E-state index contributed by atoms with van der Waals surface area (Å²) in [6.45, 7) is 0.448. The Bertz CT molecular complexity index is 912. The third-order valence-electron chi connectivity index (χ3n) is 3.80. The lowest BCUT2D eigenvalue weighted by Crippen LogP contribution is -2.25. The molecule has 0 saturated carbocycles. The van der Waals surface area contributed by atoms with Crippen LogP contribution < -0.4 is 10.1 Å². The number of pyridine rings is 2. The topological polar surface area (TPSA) is 64.1 Å². The van der Waals surface area contributed by atoms with Crippen LogP contribution in [0.15, 0.2) is 67.0 Å². The Labute approximate surface area is 159 Å². The number of halogens is 3. The monoisotopic (exact) mass is 387 g/mol. The minimum absolute atomic E-state index is 0.0283. The van der Waals surface area contributed by atoms with Gasteiger partial charge in [-0.15, -0.1) is 0 Å². The van der Waals surface area contributed by atoms with Crippen LogP contribution in [-0.4, -0.2) is 22.4 Å². The minimum atomic E-state index is -4.45. The molecule has 0 fully saturated rings. The second-order valence-electron chi connectivity index (χ2n) is 5.84. The van der Waals surface area contributed by atoms with Crippen molar-refractivity contribution in [2.24, 2.45) is 0 Å². The number of nitrogens with one attached hydrogen (secondary N) is 1. The average molecular weight is 387 g/mol. The molecule has 28 heavy (non-hydrogen) atoms. The van der Waals surface area contributed by atoms with E-state index in [1.165, 1.54) is 0 Å². The summed E-state index contributed by atoms with van der Waals surface area (Å²) >= 11 is 0. The van der Waals surface area contributed by atoms with Crippen LogP contribution in [0, 0.1) is 0 Å². The fourth-order valence-electron chi connectivity index (χ4n) is 2.36. The maximum Gasteiger partial charge on any atom is 0.417 e. The van der Waals surface area contributed by atoms with Crippen molar-refractivity contribution in [2.75, 3.05) is 6.54 Å². The zero-order valence-electron chi connectivity index (χ0n) is 14.6. The maximum absolute atomic E-state index is 12.5. The molecule has 0 spiro atoms. The van der Waals surface area contributed by atoms with E-state index in [2.05, 4.69) is 15.3 Å². The molecule has 144 valence electrons. The van der Waals surface area contributed by atoms with Crippen molar-refractivity contribution in [1.82, 2.24) is 15.3 Å². The Kier molecular flexibility index (Phi) is 5.88. The molecule has 8 heteroatoms. The van der Waals surface area contributed by atoms with Crippen molar-refractivity contribution < 1.29 is 22.7 Å².